The van der Waals surface area contributed by atoms with Crippen molar-refractivity contribution >= 4 is 21.7 Å². The van der Waals surface area contributed by atoms with Crippen LogP contribution in [-0.4, -0.2) is 66.5 Å². The highest BCUT2D eigenvalue weighted by Crippen LogP contribution is 2.15. The number of amides is 1. The second-order valence-electron chi connectivity index (χ2n) is 5.55. The molecule has 20 heavy (non-hydrogen) atoms. The topological polar surface area (TPSA) is 104 Å². The first-order valence-electron chi connectivity index (χ1n) is 6.56. The predicted molar refractivity (Wildman–Crippen MR) is 74.2 cm³/mol. The van der Waals surface area contributed by atoms with Gasteiger partial charge in [0.2, 0.25) is 5.91 Å². The summed E-state index contributed by atoms with van der Waals surface area (Å²) in [5.41, 5.74) is -1.14. The van der Waals surface area contributed by atoms with Crippen LogP contribution < -0.4 is 5.32 Å². The third-order valence-corrected chi connectivity index (χ3v) is 5.40. The lowest BCUT2D eigenvalue weighted by Gasteiger charge is -2.33. The summed E-state index contributed by atoms with van der Waals surface area (Å²) in [7, 11) is -3.04. The van der Waals surface area contributed by atoms with E-state index in [9.17, 15) is 18.0 Å². The lowest BCUT2D eigenvalue weighted by Crippen LogP contribution is -2.54. The molecule has 0 bridgehead atoms. The van der Waals surface area contributed by atoms with Gasteiger partial charge in [0.1, 0.15) is 5.54 Å². The van der Waals surface area contributed by atoms with Crippen LogP contribution in [0.5, 0.6) is 0 Å². The Morgan fingerprint density at radius 1 is 1.40 bits per heavy atom. The second kappa shape index (κ2) is 6.09. The Morgan fingerprint density at radius 2 is 2.00 bits per heavy atom. The van der Waals surface area contributed by atoms with Gasteiger partial charge >= 0.3 is 5.97 Å². The van der Waals surface area contributed by atoms with Gasteiger partial charge in [-0.25, -0.2) is 8.42 Å². The largest absolute Gasteiger partial charge is 0.480 e. The molecule has 0 spiro atoms. The van der Waals surface area contributed by atoms with Gasteiger partial charge in [-0.2, -0.15) is 0 Å². The number of sulfone groups is 1. The Balaban J connectivity index is 2.59. The molecule has 0 aromatic heterocycles. The molecule has 1 fully saturated rings. The maximum Gasteiger partial charge on any atom is 0.323 e. The minimum Gasteiger partial charge on any atom is -0.480 e. The molecule has 1 heterocycles. The van der Waals surface area contributed by atoms with E-state index >= 15 is 0 Å². The number of carbonyl (C=O) groups excluding carboxylic acids is 1. The first-order chi connectivity index (χ1) is 9.08. The number of likely N-dealkylation sites (N-methyl/N-ethyl adjacent to an activating group) is 1. The van der Waals surface area contributed by atoms with Crippen LogP contribution >= 0.6 is 0 Å². The highest BCUT2D eigenvalue weighted by Gasteiger charge is 2.35. The third kappa shape index (κ3) is 4.17. The van der Waals surface area contributed by atoms with Crippen LogP contribution in [0.1, 0.15) is 27.2 Å². The monoisotopic (exact) mass is 306 g/mol. The fraction of sp³-hybridized carbons (Fsp3) is 0.833. The van der Waals surface area contributed by atoms with Crippen LogP contribution in [0, 0.1) is 0 Å². The van der Waals surface area contributed by atoms with Gasteiger partial charge < -0.3 is 10.4 Å². The summed E-state index contributed by atoms with van der Waals surface area (Å²) in [6, 6.07) is -0.362. The molecule has 0 aromatic rings. The van der Waals surface area contributed by atoms with Gasteiger partial charge in [-0.15, -0.1) is 0 Å². The average Bonchev–Trinajstić information content (AvgIpc) is 2.65. The number of carbonyl (C=O) groups is 2. The first kappa shape index (κ1) is 16.9. The molecule has 1 amide bonds. The van der Waals surface area contributed by atoms with E-state index in [-0.39, 0.29) is 30.0 Å². The van der Waals surface area contributed by atoms with Crippen LogP contribution in [0.2, 0.25) is 0 Å². The van der Waals surface area contributed by atoms with Crippen molar-refractivity contribution in [2.24, 2.45) is 0 Å². The van der Waals surface area contributed by atoms with E-state index in [1.54, 1.807) is 6.92 Å². The van der Waals surface area contributed by atoms with E-state index in [1.165, 1.54) is 18.7 Å². The molecule has 8 heteroatoms. The van der Waals surface area contributed by atoms with Gasteiger partial charge in [-0.3, -0.25) is 14.5 Å². The second-order valence-corrected chi connectivity index (χ2v) is 7.77. The number of hydrogen-bond donors (Lipinski definition) is 2. The van der Waals surface area contributed by atoms with Gasteiger partial charge in [0, 0.05) is 6.04 Å². The van der Waals surface area contributed by atoms with E-state index in [2.05, 4.69) is 5.32 Å². The molecule has 1 atom stereocenters. The van der Waals surface area contributed by atoms with Crippen molar-refractivity contribution in [1.29, 1.82) is 0 Å². The number of hydrogen-bond acceptors (Lipinski definition) is 5. The Bertz CT molecular complexity index is 486. The number of aliphatic carboxylic acids is 1. The Kier molecular flexibility index (Phi) is 5.15. The number of nitrogens with zero attached hydrogens (tertiary/aromatic N) is 1. The van der Waals surface area contributed by atoms with Crippen LogP contribution in [0.25, 0.3) is 0 Å². The zero-order valence-electron chi connectivity index (χ0n) is 12.0. The number of rotatable bonds is 6. The normalized spacial score (nSPS) is 21.9. The van der Waals surface area contributed by atoms with Crippen molar-refractivity contribution in [2.45, 2.75) is 38.8 Å². The minimum absolute atomic E-state index is 0.0345. The van der Waals surface area contributed by atoms with E-state index in [1.807, 2.05) is 0 Å². The summed E-state index contributed by atoms with van der Waals surface area (Å²) in [5, 5.41) is 11.8. The molecule has 7 nitrogen and oxygen atoms in total. The van der Waals surface area contributed by atoms with Gasteiger partial charge in [-0.05, 0) is 26.8 Å². The Morgan fingerprint density at radius 3 is 2.40 bits per heavy atom. The Hall–Kier alpha value is -1.15. The summed E-state index contributed by atoms with van der Waals surface area (Å²) in [6.07, 6.45) is 0.419. The minimum atomic E-state index is -3.04. The zero-order chi connectivity index (χ0) is 15.6. The maximum absolute atomic E-state index is 11.9. The molecular weight excluding hydrogens is 284 g/mol. The van der Waals surface area contributed by atoms with Crippen molar-refractivity contribution in [3.8, 4) is 0 Å². The summed E-state index contributed by atoms with van der Waals surface area (Å²) in [6.45, 7) is 5.19. The van der Waals surface area contributed by atoms with E-state index in [0.717, 1.165) is 0 Å². The fourth-order valence-electron chi connectivity index (χ4n) is 2.20. The highest BCUT2D eigenvalue weighted by molar-refractivity contribution is 7.91. The van der Waals surface area contributed by atoms with Crippen molar-refractivity contribution in [2.75, 3.05) is 24.6 Å². The number of carboxylic acids is 1. The van der Waals surface area contributed by atoms with Crippen molar-refractivity contribution in [3.63, 3.8) is 0 Å². The van der Waals surface area contributed by atoms with Crippen molar-refractivity contribution in [3.05, 3.63) is 0 Å². The van der Waals surface area contributed by atoms with Crippen LogP contribution in [0.4, 0.5) is 0 Å². The molecule has 1 aliphatic heterocycles. The summed E-state index contributed by atoms with van der Waals surface area (Å²) in [4.78, 5) is 24.6. The molecule has 0 aromatic carbocycles. The molecule has 2 N–H and O–H groups in total. The molecule has 1 saturated heterocycles. The SMILES string of the molecule is CCN(CC(=O)NC1CCS(=O)(=O)C1)C(C)(C)C(=O)O. The summed E-state index contributed by atoms with van der Waals surface area (Å²) in [5.74, 6) is -1.29. The lowest BCUT2D eigenvalue weighted by molar-refractivity contribution is -0.150. The quantitative estimate of drug-likeness (QED) is 0.684. The molecule has 0 aliphatic carbocycles. The fourth-order valence-corrected chi connectivity index (χ4v) is 3.87. The van der Waals surface area contributed by atoms with Gasteiger partial charge in [0.15, 0.2) is 9.84 Å². The maximum atomic E-state index is 11.9. The standard InChI is InChI=1S/C12H22N2O5S/c1-4-14(12(2,3)11(16)17)7-10(15)13-9-5-6-20(18,19)8-9/h9H,4-8H2,1-3H3,(H,13,15)(H,16,17). The molecule has 0 radical (unpaired) electrons. The number of carboxylic acid groups (broad SMARTS) is 1. The van der Waals surface area contributed by atoms with Crippen molar-refractivity contribution in [1.82, 2.24) is 10.2 Å². The predicted octanol–water partition coefficient (Wildman–Crippen LogP) is -0.525. The molecule has 0 saturated carbocycles. The van der Waals surface area contributed by atoms with E-state index in [4.69, 9.17) is 5.11 Å². The smallest absolute Gasteiger partial charge is 0.323 e. The zero-order valence-corrected chi connectivity index (χ0v) is 12.9. The molecule has 1 aliphatic rings. The molecule has 1 unspecified atom stereocenters. The summed E-state index contributed by atoms with van der Waals surface area (Å²) >= 11 is 0. The van der Waals surface area contributed by atoms with E-state index < -0.39 is 21.3 Å². The van der Waals surface area contributed by atoms with Crippen molar-refractivity contribution < 1.29 is 23.1 Å². The van der Waals surface area contributed by atoms with Crippen LogP contribution in [0.15, 0.2) is 0 Å². The van der Waals surface area contributed by atoms with Gasteiger partial charge in [0.25, 0.3) is 0 Å². The van der Waals surface area contributed by atoms with Gasteiger partial charge in [0.05, 0.1) is 18.1 Å². The highest BCUT2D eigenvalue weighted by atomic mass is 32.2. The average molecular weight is 306 g/mol. The molecular formula is C12H22N2O5S. The number of nitrogens with one attached hydrogen (secondary N) is 1. The Labute approximate surface area is 119 Å². The lowest BCUT2D eigenvalue weighted by atomic mass is 10.0. The molecule has 116 valence electrons. The van der Waals surface area contributed by atoms with Crippen LogP contribution in [0.3, 0.4) is 0 Å². The molecule has 1 rings (SSSR count). The van der Waals surface area contributed by atoms with Crippen LogP contribution in [-0.2, 0) is 19.4 Å². The van der Waals surface area contributed by atoms with E-state index in [0.29, 0.717) is 13.0 Å². The third-order valence-electron chi connectivity index (χ3n) is 3.63. The summed E-state index contributed by atoms with van der Waals surface area (Å²) < 4.78 is 22.6. The first-order valence-corrected chi connectivity index (χ1v) is 8.39. The van der Waals surface area contributed by atoms with Gasteiger partial charge in [-0.1, -0.05) is 6.92 Å².